The van der Waals surface area contributed by atoms with Crippen molar-refractivity contribution in [2.45, 2.75) is 26.2 Å². The summed E-state index contributed by atoms with van der Waals surface area (Å²) in [5.74, 6) is 0.257. The van der Waals surface area contributed by atoms with Crippen LogP contribution in [0.4, 0.5) is 4.39 Å². The quantitative estimate of drug-likeness (QED) is 0.785. The molecule has 0 saturated heterocycles. The molecule has 1 fully saturated rings. The number of benzene rings is 1. The number of rotatable bonds is 4. The summed E-state index contributed by atoms with van der Waals surface area (Å²) in [7, 11) is 0. The number of carbonyl (C=O) groups excluding carboxylic acids is 1. The first-order valence-electron chi connectivity index (χ1n) is 5.55. The van der Waals surface area contributed by atoms with Crippen molar-refractivity contribution in [3.63, 3.8) is 0 Å². The molecule has 16 heavy (non-hydrogen) atoms. The summed E-state index contributed by atoms with van der Waals surface area (Å²) in [5.41, 5.74) is 0.335. The lowest BCUT2D eigenvalue weighted by atomic mass is 9.95. The molecule has 3 heteroatoms. The molecule has 1 atom stereocenters. The fourth-order valence-electron chi connectivity index (χ4n) is 1.90. The van der Waals surface area contributed by atoms with Crippen LogP contribution in [-0.4, -0.2) is 5.78 Å². The van der Waals surface area contributed by atoms with Gasteiger partial charge in [0.05, 0.1) is 0 Å². The van der Waals surface area contributed by atoms with Gasteiger partial charge in [-0.1, -0.05) is 24.6 Å². The summed E-state index contributed by atoms with van der Waals surface area (Å²) in [5, 5.41) is 0.344. The molecule has 0 amide bonds. The summed E-state index contributed by atoms with van der Waals surface area (Å²) in [6.45, 7) is 1.93. The predicted molar refractivity (Wildman–Crippen MR) is 62.0 cm³/mol. The first kappa shape index (κ1) is 11.6. The fraction of sp³-hybridized carbons (Fsp3) is 0.462. The minimum Gasteiger partial charge on any atom is -0.299 e. The van der Waals surface area contributed by atoms with Gasteiger partial charge in [0.1, 0.15) is 11.6 Å². The van der Waals surface area contributed by atoms with Crippen molar-refractivity contribution in [3.05, 3.63) is 34.6 Å². The van der Waals surface area contributed by atoms with Gasteiger partial charge in [-0.2, -0.15) is 0 Å². The SMILES string of the molecule is CC(C(=O)Cc1c(F)cccc1Cl)C1CC1. The molecule has 1 aromatic rings. The van der Waals surface area contributed by atoms with Crippen molar-refractivity contribution in [2.24, 2.45) is 11.8 Å². The van der Waals surface area contributed by atoms with Gasteiger partial charge < -0.3 is 0 Å². The summed E-state index contributed by atoms with van der Waals surface area (Å²) in [4.78, 5) is 11.9. The van der Waals surface area contributed by atoms with Crippen LogP contribution < -0.4 is 0 Å². The summed E-state index contributed by atoms with van der Waals surface area (Å²) in [6, 6.07) is 4.52. The van der Waals surface area contributed by atoms with E-state index in [1.54, 1.807) is 12.1 Å². The molecular weight excluding hydrogens is 227 g/mol. The normalized spacial score (nSPS) is 17.2. The van der Waals surface area contributed by atoms with Crippen LogP contribution in [0, 0.1) is 17.7 Å². The molecule has 2 rings (SSSR count). The lowest BCUT2D eigenvalue weighted by molar-refractivity contribution is -0.122. The van der Waals surface area contributed by atoms with E-state index >= 15 is 0 Å². The molecule has 1 nitrogen and oxygen atoms in total. The van der Waals surface area contributed by atoms with Gasteiger partial charge in [0.2, 0.25) is 0 Å². The van der Waals surface area contributed by atoms with Crippen LogP contribution in [0.15, 0.2) is 18.2 Å². The molecule has 0 aromatic heterocycles. The zero-order chi connectivity index (χ0) is 11.7. The van der Waals surface area contributed by atoms with Crippen molar-refractivity contribution in [1.82, 2.24) is 0 Å². The molecule has 1 saturated carbocycles. The Hall–Kier alpha value is -0.890. The maximum Gasteiger partial charge on any atom is 0.140 e. The maximum atomic E-state index is 13.5. The Kier molecular flexibility index (Phi) is 3.29. The standard InChI is InChI=1S/C13H14ClFO/c1-8(9-5-6-9)13(16)7-10-11(14)3-2-4-12(10)15/h2-4,8-9H,5-7H2,1H3. The van der Waals surface area contributed by atoms with Gasteiger partial charge in [0.25, 0.3) is 0 Å². The van der Waals surface area contributed by atoms with Crippen LogP contribution in [0.25, 0.3) is 0 Å². The van der Waals surface area contributed by atoms with Gasteiger partial charge in [0, 0.05) is 22.9 Å². The number of hydrogen-bond acceptors (Lipinski definition) is 1. The van der Waals surface area contributed by atoms with Crippen LogP contribution in [0.5, 0.6) is 0 Å². The Morgan fingerprint density at radius 1 is 1.56 bits per heavy atom. The van der Waals surface area contributed by atoms with Gasteiger partial charge >= 0.3 is 0 Å². The van der Waals surface area contributed by atoms with Crippen LogP contribution in [0.1, 0.15) is 25.3 Å². The molecule has 0 spiro atoms. The molecule has 0 bridgehead atoms. The van der Waals surface area contributed by atoms with E-state index in [-0.39, 0.29) is 23.9 Å². The number of halogens is 2. The van der Waals surface area contributed by atoms with Gasteiger partial charge in [-0.05, 0) is 30.9 Å². The van der Waals surface area contributed by atoms with Crippen LogP contribution >= 0.6 is 11.6 Å². The third kappa shape index (κ3) is 2.43. The van der Waals surface area contributed by atoms with E-state index in [0.29, 0.717) is 16.5 Å². The molecular formula is C13H14ClFO. The summed E-state index contributed by atoms with van der Waals surface area (Å²) in [6.07, 6.45) is 2.36. The zero-order valence-electron chi connectivity index (χ0n) is 9.17. The highest BCUT2D eigenvalue weighted by molar-refractivity contribution is 6.31. The van der Waals surface area contributed by atoms with Crippen LogP contribution in [-0.2, 0) is 11.2 Å². The Morgan fingerprint density at radius 2 is 2.25 bits per heavy atom. The number of carbonyl (C=O) groups is 1. The summed E-state index contributed by atoms with van der Waals surface area (Å²) < 4.78 is 13.5. The van der Waals surface area contributed by atoms with E-state index in [2.05, 4.69) is 0 Å². The second-order valence-electron chi connectivity index (χ2n) is 4.47. The minimum atomic E-state index is -0.385. The number of Topliss-reactive ketones (excluding diaryl/α,β-unsaturated/α-hetero) is 1. The van der Waals surface area contributed by atoms with E-state index in [0.717, 1.165) is 12.8 Å². The van der Waals surface area contributed by atoms with E-state index < -0.39 is 0 Å². The molecule has 0 heterocycles. The highest BCUT2D eigenvalue weighted by atomic mass is 35.5. The first-order valence-corrected chi connectivity index (χ1v) is 5.93. The lowest BCUT2D eigenvalue weighted by Crippen LogP contribution is -2.16. The van der Waals surface area contributed by atoms with E-state index in [1.165, 1.54) is 6.07 Å². The Labute approximate surface area is 99.6 Å². The topological polar surface area (TPSA) is 17.1 Å². The van der Waals surface area contributed by atoms with E-state index in [1.807, 2.05) is 6.92 Å². The van der Waals surface area contributed by atoms with Gasteiger partial charge in [-0.3, -0.25) is 4.79 Å². The van der Waals surface area contributed by atoms with Gasteiger partial charge in [-0.15, -0.1) is 0 Å². The van der Waals surface area contributed by atoms with E-state index in [9.17, 15) is 9.18 Å². The van der Waals surface area contributed by atoms with Crippen molar-refractivity contribution in [2.75, 3.05) is 0 Å². The average molecular weight is 241 g/mol. The highest BCUT2D eigenvalue weighted by Crippen LogP contribution is 2.37. The zero-order valence-corrected chi connectivity index (χ0v) is 9.93. The molecule has 86 valence electrons. The van der Waals surface area contributed by atoms with Crippen molar-refractivity contribution >= 4 is 17.4 Å². The Bertz CT molecular complexity index is 392. The monoisotopic (exact) mass is 240 g/mol. The average Bonchev–Trinajstić information content (AvgIpc) is 3.06. The molecule has 1 aliphatic carbocycles. The fourth-order valence-corrected chi connectivity index (χ4v) is 2.13. The molecule has 1 aromatic carbocycles. The molecule has 0 N–H and O–H groups in total. The molecule has 1 unspecified atom stereocenters. The second-order valence-corrected chi connectivity index (χ2v) is 4.88. The summed E-state index contributed by atoms with van der Waals surface area (Å²) >= 11 is 5.88. The molecule has 0 radical (unpaired) electrons. The van der Waals surface area contributed by atoms with Crippen LogP contribution in [0.2, 0.25) is 5.02 Å². The first-order chi connectivity index (χ1) is 7.59. The third-order valence-electron chi connectivity index (χ3n) is 3.25. The number of ketones is 1. The van der Waals surface area contributed by atoms with Crippen molar-refractivity contribution < 1.29 is 9.18 Å². The maximum absolute atomic E-state index is 13.5. The van der Waals surface area contributed by atoms with Gasteiger partial charge in [-0.25, -0.2) is 4.39 Å². The lowest BCUT2D eigenvalue weighted by Gasteiger charge is -2.10. The van der Waals surface area contributed by atoms with Gasteiger partial charge in [0.15, 0.2) is 0 Å². The molecule has 1 aliphatic rings. The number of hydrogen-bond donors (Lipinski definition) is 0. The second kappa shape index (κ2) is 4.54. The smallest absolute Gasteiger partial charge is 0.140 e. The third-order valence-corrected chi connectivity index (χ3v) is 3.60. The largest absolute Gasteiger partial charge is 0.299 e. The Morgan fingerprint density at radius 3 is 2.81 bits per heavy atom. The minimum absolute atomic E-state index is 0.0377. The van der Waals surface area contributed by atoms with Crippen LogP contribution in [0.3, 0.4) is 0 Å². The Balaban J connectivity index is 2.10. The van der Waals surface area contributed by atoms with Crippen molar-refractivity contribution in [1.29, 1.82) is 0 Å². The van der Waals surface area contributed by atoms with E-state index in [4.69, 9.17) is 11.6 Å². The molecule has 0 aliphatic heterocycles. The highest BCUT2D eigenvalue weighted by Gasteiger charge is 2.32. The predicted octanol–water partition coefficient (Wildman–Crippen LogP) is 3.64. The van der Waals surface area contributed by atoms with Crippen molar-refractivity contribution in [3.8, 4) is 0 Å².